The molecule has 3 rings (SSSR count). The molecule has 0 saturated carbocycles. The van der Waals surface area contributed by atoms with Crippen molar-refractivity contribution in [1.82, 2.24) is 0 Å². The van der Waals surface area contributed by atoms with Crippen molar-refractivity contribution in [2.45, 2.75) is 5.37 Å². The molecule has 8 heteroatoms. The predicted molar refractivity (Wildman–Crippen MR) is 82.1 cm³/mol. The number of carbonyl (C=O) groups is 1. The average Bonchev–Trinajstić information content (AvgIpc) is 2.89. The fourth-order valence-electron chi connectivity index (χ4n) is 2.39. The number of halogens is 2. The Hall–Kier alpha value is -2.48. The van der Waals surface area contributed by atoms with Gasteiger partial charge in [0.1, 0.15) is 22.7 Å². The molecule has 0 radical (unpaired) electrons. The summed E-state index contributed by atoms with van der Waals surface area (Å²) in [6, 6.07) is 8.97. The molecule has 1 atom stereocenters. The van der Waals surface area contributed by atoms with E-state index in [1.165, 1.54) is 42.1 Å². The van der Waals surface area contributed by atoms with E-state index in [1.807, 2.05) is 0 Å². The van der Waals surface area contributed by atoms with Gasteiger partial charge in [-0.2, -0.15) is 0 Å². The zero-order chi connectivity index (χ0) is 16.6. The summed E-state index contributed by atoms with van der Waals surface area (Å²) in [6.45, 7) is 0. The number of hydrogen-bond acceptors (Lipinski definition) is 4. The third kappa shape index (κ3) is 2.77. The molecule has 1 saturated heterocycles. The number of amides is 1. The van der Waals surface area contributed by atoms with Crippen LogP contribution in [0.4, 0.5) is 20.2 Å². The SMILES string of the molecule is O=C1CS[C@H](c2ccc([N+](=O)[O-])cc2)N1c1c(F)cccc1F. The summed E-state index contributed by atoms with van der Waals surface area (Å²) < 4.78 is 28.0. The van der Waals surface area contributed by atoms with Gasteiger partial charge < -0.3 is 0 Å². The molecule has 2 aromatic rings. The van der Waals surface area contributed by atoms with Crippen LogP contribution in [-0.4, -0.2) is 16.6 Å². The minimum atomic E-state index is -0.826. The number of hydrogen-bond donors (Lipinski definition) is 0. The Balaban J connectivity index is 2.02. The highest BCUT2D eigenvalue weighted by atomic mass is 32.2. The number of non-ortho nitro benzene ring substituents is 1. The zero-order valence-corrected chi connectivity index (χ0v) is 12.4. The van der Waals surface area contributed by atoms with Crippen LogP contribution in [0.2, 0.25) is 0 Å². The Morgan fingerprint density at radius 2 is 1.74 bits per heavy atom. The molecule has 0 unspecified atom stereocenters. The van der Waals surface area contributed by atoms with Crippen LogP contribution in [0.15, 0.2) is 42.5 Å². The zero-order valence-electron chi connectivity index (χ0n) is 11.6. The van der Waals surface area contributed by atoms with E-state index >= 15 is 0 Å². The molecular formula is C15H10F2N2O3S. The van der Waals surface area contributed by atoms with Crippen LogP contribution in [0.1, 0.15) is 10.9 Å². The summed E-state index contributed by atoms with van der Waals surface area (Å²) in [7, 11) is 0. The summed E-state index contributed by atoms with van der Waals surface area (Å²) in [5, 5.41) is 10.1. The molecular weight excluding hydrogens is 326 g/mol. The lowest BCUT2D eigenvalue weighted by atomic mass is 10.1. The highest BCUT2D eigenvalue weighted by molar-refractivity contribution is 8.00. The van der Waals surface area contributed by atoms with Crippen LogP contribution in [0.5, 0.6) is 0 Å². The summed E-state index contributed by atoms with van der Waals surface area (Å²) in [4.78, 5) is 23.3. The van der Waals surface area contributed by atoms with E-state index in [4.69, 9.17) is 0 Å². The van der Waals surface area contributed by atoms with Crippen molar-refractivity contribution in [2.75, 3.05) is 10.7 Å². The fraction of sp³-hybridized carbons (Fsp3) is 0.133. The number of nitro groups is 1. The second-order valence-corrected chi connectivity index (χ2v) is 5.91. The first-order chi connectivity index (χ1) is 11.0. The molecule has 1 aliphatic heterocycles. The van der Waals surface area contributed by atoms with Gasteiger partial charge in [0.2, 0.25) is 5.91 Å². The Kier molecular flexibility index (Phi) is 3.99. The molecule has 0 aliphatic carbocycles. The average molecular weight is 336 g/mol. The largest absolute Gasteiger partial charge is 0.290 e. The summed E-state index contributed by atoms with van der Waals surface area (Å²) in [5.74, 6) is -1.99. The van der Waals surface area contributed by atoms with Crippen LogP contribution < -0.4 is 4.90 Å². The Morgan fingerprint density at radius 3 is 2.30 bits per heavy atom. The number of nitrogens with zero attached hydrogens (tertiary/aromatic N) is 2. The van der Waals surface area contributed by atoms with Crippen LogP contribution in [0, 0.1) is 21.7 Å². The monoisotopic (exact) mass is 336 g/mol. The molecule has 0 spiro atoms. The van der Waals surface area contributed by atoms with Gasteiger partial charge in [-0.05, 0) is 29.8 Å². The van der Waals surface area contributed by atoms with Gasteiger partial charge in [0.25, 0.3) is 5.69 Å². The predicted octanol–water partition coefficient (Wildman–Crippen LogP) is 3.65. The van der Waals surface area contributed by atoms with E-state index in [2.05, 4.69) is 0 Å². The number of carbonyl (C=O) groups excluding carboxylic acids is 1. The van der Waals surface area contributed by atoms with Crippen LogP contribution >= 0.6 is 11.8 Å². The Bertz CT molecular complexity index is 763. The molecule has 0 aromatic heterocycles. The molecule has 0 bridgehead atoms. The van der Waals surface area contributed by atoms with Crippen LogP contribution in [0.25, 0.3) is 0 Å². The molecule has 1 amide bonds. The smallest absolute Gasteiger partial charge is 0.269 e. The lowest BCUT2D eigenvalue weighted by molar-refractivity contribution is -0.384. The topological polar surface area (TPSA) is 63.4 Å². The molecule has 1 fully saturated rings. The summed E-state index contributed by atoms with van der Waals surface area (Å²) >= 11 is 1.21. The molecule has 2 aromatic carbocycles. The van der Waals surface area contributed by atoms with Gasteiger partial charge in [-0.15, -0.1) is 11.8 Å². The highest BCUT2D eigenvalue weighted by Crippen LogP contribution is 2.43. The van der Waals surface area contributed by atoms with Gasteiger partial charge >= 0.3 is 0 Å². The van der Waals surface area contributed by atoms with Gasteiger partial charge in [0, 0.05) is 12.1 Å². The second-order valence-electron chi connectivity index (χ2n) is 4.85. The van der Waals surface area contributed by atoms with Gasteiger partial charge in [-0.1, -0.05) is 6.07 Å². The normalized spacial score (nSPS) is 17.6. The number of benzene rings is 2. The van der Waals surface area contributed by atoms with Crippen molar-refractivity contribution in [3.05, 3.63) is 69.8 Å². The maximum atomic E-state index is 14.0. The lowest BCUT2D eigenvalue weighted by Crippen LogP contribution is -2.29. The lowest BCUT2D eigenvalue weighted by Gasteiger charge is -2.25. The standard InChI is InChI=1S/C15H10F2N2O3S/c16-11-2-1-3-12(17)14(11)18-13(20)8-23-15(18)9-4-6-10(7-5-9)19(21)22/h1-7,15H,8H2/t15-/m1/s1. The van der Waals surface area contributed by atoms with Crippen molar-refractivity contribution in [3.8, 4) is 0 Å². The van der Waals surface area contributed by atoms with E-state index in [-0.39, 0.29) is 11.4 Å². The van der Waals surface area contributed by atoms with Gasteiger partial charge in [-0.25, -0.2) is 8.78 Å². The van der Waals surface area contributed by atoms with Crippen LogP contribution in [-0.2, 0) is 4.79 Å². The number of thioether (sulfide) groups is 1. The molecule has 1 heterocycles. The summed E-state index contributed by atoms with van der Waals surface area (Å²) in [6.07, 6.45) is 0. The maximum absolute atomic E-state index is 14.0. The third-order valence-electron chi connectivity index (χ3n) is 3.44. The van der Waals surface area contributed by atoms with Crippen molar-refractivity contribution in [3.63, 3.8) is 0 Å². The van der Waals surface area contributed by atoms with Gasteiger partial charge in [0.05, 0.1) is 10.7 Å². The Morgan fingerprint density at radius 1 is 1.13 bits per heavy atom. The van der Waals surface area contributed by atoms with Crippen molar-refractivity contribution >= 4 is 29.0 Å². The highest BCUT2D eigenvalue weighted by Gasteiger charge is 2.37. The molecule has 118 valence electrons. The third-order valence-corrected chi connectivity index (χ3v) is 4.65. The molecule has 0 N–H and O–H groups in total. The Labute approximate surface area is 134 Å². The van der Waals surface area contributed by atoms with E-state index in [0.29, 0.717) is 5.56 Å². The number of para-hydroxylation sites is 1. The fourth-order valence-corrected chi connectivity index (χ4v) is 3.55. The van der Waals surface area contributed by atoms with Crippen LogP contribution in [0.3, 0.4) is 0 Å². The first kappa shape index (κ1) is 15.4. The van der Waals surface area contributed by atoms with E-state index in [0.717, 1.165) is 17.0 Å². The van der Waals surface area contributed by atoms with Crippen molar-refractivity contribution in [2.24, 2.45) is 0 Å². The maximum Gasteiger partial charge on any atom is 0.269 e. The van der Waals surface area contributed by atoms with E-state index in [1.54, 1.807) is 0 Å². The molecule has 5 nitrogen and oxygen atoms in total. The van der Waals surface area contributed by atoms with Crippen molar-refractivity contribution < 1.29 is 18.5 Å². The first-order valence-corrected chi connectivity index (χ1v) is 7.66. The second kappa shape index (κ2) is 5.96. The minimum absolute atomic E-state index is 0.0788. The number of rotatable bonds is 3. The first-order valence-electron chi connectivity index (χ1n) is 6.61. The molecule has 23 heavy (non-hydrogen) atoms. The van der Waals surface area contributed by atoms with E-state index < -0.39 is 33.5 Å². The van der Waals surface area contributed by atoms with E-state index in [9.17, 15) is 23.7 Å². The number of anilines is 1. The van der Waals surface area contributed by atoms with Gasteiger partial charge in [0.15, 0.2) is 0 Å². The minimum Gasteiger partial charge on any atom is -0.290 e. The van der Waals surface area contributed by atoms with Gasteiger partial charge in [-0.3, -0.25) is 19.8 Å². The number of nitro benzene ring substituents is 1. The van der Waals surface area contributed by atoms with Crippen molar-refractivity contribution in [1.29, 1.82) is 0 Å². The summed E-state index contributed by atoms with van der Waals surface area (Å²) in [5.41, 5.74) is 0.0756. The molecule has 1 aliphatic rings. The quantitative estimate of drug-likeness (QED) is 0.634.